The summed E-state index contributed by atoms with van der Waals surface area (Å²) in [5, 5.41) is 9.72. The number of phenols is 1. The van der Waals surface area contributed by atoms with Crippen LogP contribution in [0, 0.1) is 5.82 Å². The van der Waals surface area contributed by atoms with Crippen LogP contribution in [0.5, 0.6) is 5.75 Å². The lowest BCUT2D eigenvalue weighted by molar-refractivity contribution is 0.241. The van der Waals surface area contributed by atoms with Gasteiger partial charge in [0.25, 0.3) is 0 Å². The van der Waals surface area contributed by atoms with Gasteiger partial charge in [0.15, 0.2) is 11.6 Å². The number of benzene rings is 2. The van der Waals surface area contributed by atoms with Gasteiger partial charge in [0.05, 0.1) is 0 Å². The molecule has 0 fully saturated rings. The lowest BCUT2D eigenvalue weighted by Gasteiger charge is -2.28. The molecule has 1 aliphatic heterocycles. The van der Waals surface area contributed by atoms with Crippen molar-refractivity contribution in [3.05, 3.63) is 65.0 Å². The maximum Gasteiger partial charge on any atom is 0.165 e. The highest BCUT2D eigenvalue weighted by molar-refractivity contribution is 5.34. The highest BCUT2D eigenvalue weighted by Crippen LogP contribution is 2.25. The van der Waals surface area contributed by atoms with Crippen LogP contribution in [-0.2, 0) is 19.5 Å². The molecule has 1 N–H and O–H groups in total. The number of aromatic hydroxyl groups is 1. The molecule has 0 atom stereocenters. The average Bonchev–Trinajstić information content (AvgIpc) is 2.44. The maximum absolute atomic E-state index is 13.3. The van der Waals surface area contributed by atoms with Gasteiger partial charge in [-0.1, -0.05) is 36.4 Å². The van der Waals surface area contributed by atoms with Gasteiger partial charge in [-0.05, 0) is 23.6 Å². The van der Waals surface area contributed by atoms with Crippen molar-refractivity contribution in [3.63, 3.8) is 0 Å². The van der Waals surface area contributed by atoms with Crippen molar-refractivity contribution in [2.24, 2.45) is 0 Å². The molecule has 19 heavy (non-hydrogen) atoms. The normalized spacial score (nSPS) is 15.2. The Balaban J connectivity index is 1.77. The third kappa shape index (κ3) is 2.47. The molecule has 0 unspecified atom stereocenters. The van der Waals surface area contributed by atoms with Gasteiger partial charge in [0.1, 0.15) is 0 Å². The summed E-state index contributed by atoms with van der Waals surface area (Å²) in [5.74, 6) is -0.767. The van der Waals surface area contributed by atoms with Gasteiger partial charge in [-0.15, -0.1) is 0 Å². The SMILES string of the molecule is Oc1c(F)cccc1CN1CCc2ccccc2C1. The second-order valence-corrected chi connectivity index (χ2v) is 4.98. The van der Waals surface area contributed by atoms with Gasteiger partial charge in [-0.25, -0.2) is 4.39 Å². The average molecular weight is 257 g/mol. The Labute approximate surface area is 112 Å². The zero-order chi connectivity index (χ0) is 13.2. The van der Waals surface area contributed by atoms with E-state index in [1.54, 1.807) is 12.1 Å². The molecule has 0 bridgehead atoms. The highest BCUT2D eigenvalue weighted by atomic mass is 19.1. The zero-order valence-corrected chi connectivity index (χ0v) is 10.6. The van der Waals surface area contributed by atoms with Gasteiger partial charge in [-0.2, -0.15) is 0 Å². The predicted octanol–water partition coefficient (Wildman–Crippen LogP) is 3.09. The van der Waals surface area contributed by atoms with E-state index < -0.39 is 5.82 Å². The van der Waals surface area contributed by atoms with Gasteiger partial charge >= 0.3 is 0 Å². The van der Waals surface area contributed by atoms with Crippen LogP contribution in [0.1, 0.15) is 16.7 Å². The first-order valence-electron chi connectivity index (χ1n) is 6.49. The molecular formula is C16H16FNO. The summed E-state index contributed by atoms with van der Waals surface area (Å²) in [6.07, 6.45) is 1.01. The number of hydrogen-bond donors (Lipinski definition) is 1. The molecule has 2 aromatic carbocycles. The molecule has 0 saturated heterocycles. The first-order chi connectivity index (χ1) is 9.24. The van der Waals surface area contributed by atoms with Crippen LogP contribution in [0.25, 0.3) is 0 Å². The number of fused-ring (bicyclic) bond motifs is 1. The Morgan fingerprint density at radius 1 is 1.05 bits per heavy atom. The summed E-state index contributed by atoms with van der Waals surface area (Å²) >= 11 is 0. The first-order valence-corrected chi connectivity index (χ1v) is 6.49. The Hall–Kier alpha value is -1.87. The number of hydrogen-bond acceptors (Lipinski definition) is 2. The van der Waals surface area contributed by atoms with Gasteiger partial charge in [-0.3, -0.25) is 4.90 Å². The van der Waals surface area contributed by atoms with Crippen LogP contribution in [0.2, 0.25) is 0 Å². The van der Waals surface area contributed by atoms with E-state index in [2.05, 4.69) is 23.1 Å². The number of phenolic OH excluding ortho intramolecular Hbond substituents is 1. The maximum atomic E-state index is 13.3. The van der Waals surface area contributed by atoms with Crippen molar-refractivity contribution >= 4 is 0 Å². The summed E-state index contributed by atoms with van der Waals surface area (Å²) in [7, 11) is 0. The van der Waals surface area contributed by atoms with E-state index in [1.807, 2.05) is 6.07 Å². The van der Waals surface area contributed by atoms with E-state index in [-0.39, 0.29) is 5.75 Å². The van der Waals surface area contributed by atoms with Crippen molar-refractivity contribution in [1.29, 1.82) is 0 Å². The van der Waals surface area contributed by atoms with Crippen molar-refractivity contribution in [3.8, 4) is 5.75 Å². The molecule has 0 aromatic heterocycles. The fourth-order valence-electron chi connectivity index (χ4n) is 2.62. The molecule has 3 heteroatoms. The minimum absolute atomic E-state index is 0.221. The van der Waals surface area contributed by atoms with Gasteiger partial charge in [0, 0.05) is 25.2 Å². The molecule has 0 amide bonds. The van der Waals surface area contributed by atoms with Crippen LogP contribution < -0.4 is 0 Å². The predicted molar refractivity (Wildman–Crippen MR) is 72.3 cm³/mol. The first kappa shape index (κ1) is 12.2. The molecule has 1 heterocycles. The summed E-state index contributed by atoms with van der Waals surface area (Å²) in [6.45, 7) is 2.37. The van der Waals surface area contributed by atoms with Crippen molar-refractivity contribution in [1.82, 2.24) is 4.90 Å². The fraction of sp³-hybridized carbons (Fsp3) is 0.250. The number of rotatable bonds is 2. The monoisotopic (exact) mass is 257 g/mol. The van der Waals surface area contributed by atoms with Crippen molar-refractivity contribution < 1.29 is 9.50 Å². The topological polar surface area (TPSA) is 23.5 Å². The van der Waals surface area contributed by atoms with E-state index in [1.165, 1.54) is 17.2 Å². The lowest BCUT2D eigenvalue weighted by Crippen LogP contribution is -2.30. The van der Waals surface area contributed by atoms with Gasteiger partial charge < -0.3 is 5.11 Å². The van der Waals surface area contributed by atoms with E-state index in [0.29, 0.717) is 12.1 Å². The van der Waals surface area contributed by atoms with E-state index in [0.717, 1.165) is 19.5 Å². The van der Waals surface area contributed by atoms with Crippen LogP contribution in [0.4, 0.5) is 4.39 Å². The molecule has 2 nitrogen and oxygen atoms in total. The summed E-state index contributed by atoms with van der Waals surface area (Å²) in [6, 6.07) is 13.1. The largest absolute Gasteiger partial charge is 0.505 e. The van der Waals surface area contributed by atoms with Crippen LogP contribution >= 0.6 is 0 Å². The molecule has 3 rings (SSSR count). The van der Waals surface area contributed by atoms with Gasteiger partial charge in [0.2, 0.25) is 0 Å². The summed E-state index contributed by atoms with van der Waals surface area (Å²) < 4.78 is 13.3. The second kappa shape index (κ2) is 5.02. The smallest absolute Gasteiger partial charge is 0.165 e. The highest BCUT2D eigenvalue weighted by Gasteiger charge is 2.17. The quantitative estimate of drug-likeness (QED) is 0.893. The summed E-state index contributed by atoms with van der Waals surface area (Å²) in [4.78, 5) is 2.23. The van der Waals surface area contributed by atoms with Crippen LogP contribution in [-0.4, -0.2) is 16.6 Å². The third-order valence-corrected chi connectivity index (χ3v) is 3.67. The Morgan fingerprint density at radius 3 is 2.68 bits per heavy atom. The number of para-hydroxylation sites is 1. The minimum atomic E-state index is -0.546. The molecular weight excluding hydrogens is 241 g/mol. The summed E-state index contributed by atoms with van der Waals surface area (Å²) in [5.41, 5.74) is 3.37. The zero-order valence-electron chi connectivity index (χ0n) is 10.6. The van der Waals surface area contributed by atoms with E-state index in [4.69, 9.17) is 0 Å². The standard InChI is InChI=1S/C16H16FNO/c17-15-7-3-6-14(16(15)19)11-18-9-8-12-4-1-2-5-13(12)10-18/h1-7,19H,8-11H2. The van der Waals surface area contributed by atoms with Crippen LogP contribution in [0.15, 0.2) is 42.5 Å². The molecule has 0 radical (unpaired) electrons. The Morgan fingerprint density at radius 2 is 1.84 bits per heavy atom. The molecule has 0 saturated carbocycles. The minimum Gasteiger partial charge on any atom is -0.505 e. The Bertz CT molecular complexity index is 597. The van der Waals surface area contributed by atoms with Crippen molar-refractivity contribution in [2.45, 2.75) is 19.5 Å². The molecule has 98 valence electrons. The Kier molecular flexibility index (Phi) is 3.22. The second-order valence-electron chi connectivity index (χ2n) is 4.98. The lowest BCUT2D eigenvalue weighted by atomic mass is 9.99. The number of nitrogens with zero attached hydrogens (tertiary/aromatic N) is 1. The molecule has 2 aromatic rings. The molecule has 0 aliphatic carbocycles. The van der Waals surface area contributed by atoms with E-state index >= 15 is 0 Å². The fourth-order valence-corrected chi connectivity index (χ4v) is 2.62. The molecule has 0 spiro atoms. The van der Waals surface area contributed by atoms with Crippen LogP contribution in [0.3, 0.4) is 0 Å². The molecule has 1 aliphatic rings. The van der Waals surface area contributed by atoms with E-state index in [9.17, 15) is 9.50 Å². The third-order valence-electron chi connectivity index (χ3n) is 3.67. The number of halogens is 1. The van der Waals surface area contributed by atoms with Crippen molar-refractivity contribution in [2.75, 3.05) is 6.54 Å².